The number of halogens is 1. The SMILES string of the molecule is I.c1ccc(C23c4ccccc4-c4cccc(c42)-c2ccccc23)cc1. The summed E-state index contributed by atoms with van der Waals surface area (Å²) in [7, 11) is 0. The molecule has 0 atom stereocenters. The molecule has 4 aromatic rings. The molecule has 6 rings (SSSR count). The minimum atomic E-state index is -0.180. The third-order valence-corrected chi connectivity index (χ3v) is 5.89. The lowest BCUT2D eigenvalue weighted by Gasteiger charge is -2.30. The second kappa shape index (κ2) is 5.55. The van der Waals surface area contributed by atoms with Gasteiger partial charge in [0.15, 0.2) is 0 Å². The third kappa shape index (κ3) is 1.69. The normalized spacial score (nSPS) is 14.2. The smallest absolute Gasteiger partial charge is 0.0725 e. The predicted octanol–water partition coefficient (Wildman–Crippen LogP) is 6.65. The fourth-order valence-corrected chi connectivity index (χ4v) is 5.05. The van der Waals surface area contributed by atoms with E-state index < -0.39 is 0 Å². The first-order chi connectivity index (χ1) is 12.4. The predicted molar refractivity (Wildman–Crippen MR) is 118 cm³/mol. The highest BCUT2D eigenvalue weighted by Gasteiger charge is 2.51. The molecule has 0 N–H and O–H groups in total. The molecule has 0 radical (unpaired) electrons. The van der Waals surface area contributed by atoms with Crippen LogP contribution in [0.2, 0.25) is 0 Å². The number of hydrogen-bond acceptors (Lipinski definition) is 0. The van der Waals surface area contributed by atoms with Gasteiger partial charge in [-0.1, -0.05) is 97.1 Å². The summed E-state index contributed by atoms with van der Waals surface area (Å²) in [5, 5.41) is 0. The van der Waals surface area contributed by atoms with Gasteiger partial charge in [0.05, 0.1) is 5.41 Å². The van der Waals surface area contributed by atoms with Gasteiger partial charge in [-0.05, 0) is 44.5 Å². The van der Waals surface area contributed by atoms with Crippen molar-refractivity contribution in [1.82, 2.24) is 0 Å². The fraction of sp³-hybridized carbons (Fsp3) is 0.0400. The van der Waals surface area contributed by atoms with E-state index in [4.69, 9.17) is 0 Å². The summed E-state index contributed by atoms with van der Waals surface area (Å²) >= 11 is 0. The minimum absolute atomic E-state index is 0. The Morgan fingerprint density at radius 3 is 1.46 bits per heavy atom. The Bertz CT molecular complexity index is 1080. The number of rotatable bonds is 1. The molecule has 0 aromatic heterocycles. The zero-order valence-electron chi connectivity index (χ0n) is 14.1. The number of benzene rings is 4. The van der Waals surface area contributed by atoms with Gasteiger partial charge in [0, 0.05) is 0 Å². The van der Waals surface area contributed by atoms with Crippen molar-refractivity contribution in [3.8, 4) is 22.3 Å². The van der Waals surface area contributed by atoms with E-state index in [2.05, 4.69) is 97.1 Å². The number of hydrogen-bond donors (Lipinski definition) is 0. The summed E-state index contributed by atoms with van der Waals surface area (Å²) in [5.41, 5.74) is 11.0. The van der Waals surface area contributed by atoms with Crippen molar-refractivity contribution in [1.29, 1.82) is 0 Å². The van der Waals surface area contributed by atoms with E-state index in [0.717, 1.165) is 0 Å². The van der Waals surface area contributed by atoms with Crippen LogP contribution in [-0.4, -0.2) is 0 Å². The highest BCUT2D eigenvalue weighted by molar-refractivity contribution is 14.0. The van der Waals surface area contributed by atoms with Gasteiger partial charge in [0.1, 0.15) is 0 Å². The quantitative estimate of drug-likeness (QED) is 0.249. The molecule has 0 spiro atoms. The van der Waals surface area contributed by atoms with Crippen LogP contribution in [0.4, 0.5) is 0 Å². The second-order valence-electron chi connectivity index (χ2n) is 6.94. The first-order valence-electron chi connectivity index (χ1n) is 8.81. The van der Waals surface area contributed by atoms with Crippen LogP contribution in [0.3, 0.4) is 0 Å². The molecule has 2 aliphatic carbocycles. The maximum Gasteiger partial charge on any atom is 0.0725 e. The largest absolute Gasteiger partial charge is 0.107 e. The lowest BCUT2D eigenvalue weighted by Crippen LogP contribution is -2.25. The van der Waals surface area contributed by atoms with Crippen molar-refractivity contribution in [3.05, 3.63) is 119 Å². The van der Waals surface area contributed by atoms with Crippen LogP contribution < -0.4 is 0 Å². The Morgan fingerprint density at radius 1 is 0.423 bits per heavy atom. The Hall–Kier alpha value is -2.39. The Kier molecular flexibility index (Phi) is 3.38. The topological polar surface area (TPSA) is 0 Å². The molecule has 0 heterocycles. The molecule has 0 unspecified atom stereocenters. The van der Waals surface area contributed by atoms with Crippen molar-refractivity contribution < 1.29 is 0 Å². The highest BCUT2D eigenvalue weighted by atomic mass is 127. The molecule has 0 amide bonds. The fourth-order valence-electron chi connectivity index (χ4n) is 5.05. The van der Waals surface area contributed by atoms with Crippen LogP contribution in [0.1, 0.15) is 22.3 Å². The van der Waals surface area contributed by atoms with Crippen LogP contribution >= 0.6 is 24.0 Å². The highest BCUT2D eigenvalue weighted by Crippen LogP contribution is 2.63. The van der Waals surface area contributed by atoms with E-state index in [-0.39, 0.29) is 29.4 Å². The molecule has 0 saturated carbocycles. The molecule has 124 valence electrons. The van der Waals surface area contributed by atoms with E-state index in [1.54, 1.807) is 0 Å². The molecular weight excluding hydrogens is 427 g/mol. The molecule has 0 nitrogen and oxygen atoms in total. The average molecular weight is 444 g/mol. The summed E-state index contributed by atoms with van der Waals surface area (Å²) in [6.45, 7) is 0. The summed E-state index contributed by atoms with van der Waals surface area (Å²) < 4.78 is 0. The molecule has 1 heteroatoms. The van der Waals surface area contributed by atoms with Gasteiger partial charge < -0.3 is 0 Å². The van der Waals surface area contributed by atoms with E-state index in [1.165, 1.54) is 44.5 Å². The molecule has 0 aliphatic heterocycles. The van der Waals surface area contributed by atoms with Gasteiger partial charge in [0.25, 0.3) is 0 Å². The summed E-state index contributed by atoms with van der Waals surface area (Å²) in [6.07, 6.45) is 0. The summed E-state index contributed by atoms with van der Waals surface area (Å²) in [4.78, 5) is 0. The Labute approximate surface area is 170 Å². The minimum Gasteiger partial charge on any atom is -0.107 e. The monoisotopic (exact) mass is 444 g/mol. The van der Waals surface area contributed by atoms with Crippen molar-refractivity contribution >= 4 is 24.0 Å². The van der Waals surface area contributed by atoms with Gasteiger partial charge in [0.2, 0.25) is 0 Å². The van der Waals surface area contributed by atoms with Gasteiger partial charge in [-0.3, -0.25) is 0 Å². The third-order valence-electron chi connectivity index (χ3n) is 5.89. The lowest BCUT2D eigenvalue weighted by atomic mass is 9.70. The van der Waals surface area contributed by atoms with E-state index >= 15 is 0 Å². The van der Waals surface area contributed by atoms with Gasteiger partial charge in [-0.2, -0.15) is 0 Å². The second-order valence-corrected chi connectivity index (χ2v) is 6.94. The van der Waals surface area contributed by atoms with Crippen LogP contribution in [0.15, 0.2) is 97.1 Å². The van der Waals surface area contributed by atoms with E-state index in [0.29, 0.717) is 0 Å². The summed E-state index contributed by atoms with van der Waals surface area (Å²) in [6, 6.07) is 35.6. The van der Waals surface area contributed by atoms with Crippen LogP contribution in [0, 0.1) is 0 Å². The molecule has 26 heavy (non-hydrogen) atoms. The molecule has 4 aromatic carbocycles. The molecular formula is C25H17I. The molecule has 2 aliphatic rings. The molecule has 0 fully saturated rings. The average Bonchev–Trinajstić information content (AvgIpc) is 3.17. The van der Waals surface area contributed by atoms with E-state index in [9.17, 15) is 0 Å². The zero-order valence-corrected chi connectivity index (χ0v) is 16.5. The van der Waals surface area contributed by atoms with Crippen molar-refractivity contribution in [3.63, 3.8) is 0 Å². The first-order valence-corrected chi connectivity index (χ1v) is 8.81. The molecule has 0 saturated heterocycles. The van der Waals surface area contributed by atoms with Crippen molar-refractivity contribution in [2.75, 3.05) is 0 Å². The van der Waals surface area contributed by atoms with Gasteiger partial charge >= 0.3 is 0 Å². The number of fused-ring (bicyclic) bond motifs is 6. The van der Waals surface area contributed by atoms with Gasteiger partial charge in [-0.25, -0.2) is 0 Å². The Balaban J connectivity index is 0.00000150. The van der Waals surface area contributed by atoms with Crippen molar-refractivity contribution in [2.45, 2.75) is 5.41 Å². The Morgan fingerprint density at radius 2 is 0.885 bits per heavy atom. The van der Waals surface area contributed by atoms with Crippen molar-refractivity contribution in [2.24, 2.45) is 0 Å². The zero-order chi connectivity index (χ0) is 16.4. The van der Waals surface area contributed by atoms with E-state index in [1.807, 2.05) is 0 Å². The van der Waals surface area contributed by atoms with Crippen LogP contribution in [-0.2, 0) is 5.41 Å². The molecule has 0 bridgehead atoms. The maximum atomic E-state index is 2.31. The van der Waals surface area contributed by atoms with Crippen LogP contribution in [0.25, 0.3) is 22.3 Å². The first kappa shape index (κ1) is 15.8. The maximum absolute atomic E-state index is 2.31. The standard InChI is InChI=1S/C25H16.HI/c1-2-9-17(10-3-1)25-22-15-6-4-11-18(22)20-13-8-14-21(24(20)25)19-12-5-7-16-23(19)25;/h1-16H;1H. The van der Waals surface area contributed by atoms with Crippen LogP contribution in [0.5, 0.6) is 0 Å². The summed E-state index contributed by atoms with van der Waals surface area (Å²) in [5.74, 6) is 0. The lowest BCUT2D eigenvalue weighted by molar-refractivity contribution is 0.792. The van der Waals surface area contributed by atoms with Gasteiger partial charge in [-0.15, -0.1) is 24.0 Å².